The Morgan fingerprint density at radius 3 is 2.38 bits per heavy atom. The number of benzene rings is 2. The lowest BCUT2D eigenvalue weighted by Gasteiger charge is -2.35. The summed E-state index contributed by atoms with van der Waals surface area (Å²) in [5.74, 6) is 1.29. The molecule has 26 heavy (non-hydrogen) atoms. The van der Waals surface area contributed by atoms with Crippen molar-refractivity contribution in [1.29, 1.82) is 0 Å². The number of aromatic nitrogens is 2. The topological polar surface area (TPSA) is 75.3 Å². The number of piperazine rings is 1. The molecule has 1 amide bonds. The molecule has 6 nitrogen and oxygen atoms in total. The fourth-order valence-electron chi connectivity index (χ4n) is 3.27. The van der Waals surface area contributed by atoms with Crippen LogP contribution in [0.5, 0.6) is 0 Å². The average Bonchev–Trinajstić information content (AvgIpc) is 2.69. The molecule has 1 fully saturated rings. The number of carbonyl (C=O) groups excluding carboxylic acids is 1. The zero-order chi connectivity index (χ0) is 17.9. The second-order valence-corrected chi connectivity index (χ2v) is 6.46. The second kappa shape index (κ2) is 7.00. The first-order valence-electron chi connectivity index (χ1n) is 8.79. The lowest BCUT2D eigenvalue weighted by molar-refractivity contribution is -0.130. The second-order valence-electron chi connectivity index (χ2n) is 6.46. The number of fused-ring (bicyclic) bond motifs is 1. The fraction of sp³-hybridized carbons (Fsp3) is 0.250. The van der Waals surface area contributed by atoms with Crippen molar-refractivity contribution < 1.29 is 4.79 Å². The van der Waals surface area contributed by atoms with Gasteiger partial charge in [-0.1, -0.05) is 42.5 Å². The van der Waals surface area contributed by atoms with Gasteiger partial charge < -0.3 is 15.5 Å². The van der Waals surface area contributed by atoms with E-state index < -0.39 is 0 Å². The first-order chi connectivity index (χ1) is 12.7. The Hall–Kier alpha value is -3.15. The molecule has 0 spiro atoms. The van der Waals surface area contributed by atoms with Gasteiger partial charge in [0.2, 0.25) is 11.9 Å². The average molecular weight is 347 g/mol. The molecule has 0 bridgehead atoms. The third-order valence-corrected chi connectivity index (χ3v) is 4.73. The van der Waals surface area contributed by atoms with Gasteiger partial charge in [-0.2, -0.15) is 4.98 Å². The molecule has 2 N–H and O–H groups in total. The highest BCUT2D eigenvalue weighted by Gasteiger charge is 2.23. The van der Waals surface area contributed by atoms with Crippen LogP contribution in [0.1, 0.15) is 5.56 Å². The molecule has 132 valence electrons. The first kappa shape index (κ1) is 16.3. The molecule has 0 aliphatic carbocycles. The predicted molar refractivity (Wildman–Crippen MR) is 103 cm³/mol. The maximum atomic E-state index is 12.5. The highest BCUT2D eigenvalue weighted by molar-refractivity contribution is 5.88. The fourth-order valence-corrected chi connectivity index (χ4v) is 3.27. The normalized spacial score (nSPS) is 14.6. The monoisotopic (exact) mass is 347 g/mol. The number of anilines is 2. The van der Waals surface area contributed by atoms with Crippen molar-refractivity contribution in [1.82, 2.24) is 14.9 Å². The third kappa shape index (κ3) is 3.31. The molecule has 0 unspecified atom stereocenters. The Labute approximate surface area is 152 Å². The maximum absolute atomic E-state index is 12.5. The molecule has 1 aromatic heterocycles. The van der Waals surface area contributed by atoms with Crippen LogP contribution in [0.15, 0.2) is 54.6 Å². The molecule has 1 aliphatic rings. The summed E-state index contributed by atoms with van der Waals surface area (Å²) in [5.41, 5.74) is 7.97. The van der Waals surface area contributed by atoms with Gasteiger partial charge in [-0.15, -0.1) is 0 Å². The van der Waals surface area contributed by atoms with Gasteiger partial charge in [0.1, 0.15) is 5.82 Å². The largest absolute Gasteiger partial charge is 0.383 e. The van der Waals surface area contributed by atoms with Crippen molar-refractivity contribution in [3.8, 4) is 0 Å². The number of rotatable bonds is 3. The summed E-state index contributed by atoms with van der Waals surface area (Å²) >= 11 is 0. The van der Waals surface area contributed by atoms with Crippen molar-refractivity contribution in [3.05, 3.63) is 60.2 Å². The van der Waals surface area contributed by atoms with Crippen LogP contribution in [-0.4, -0.2) is 47.0 Å². The van der Waals surface area contributed by atoms with Crippen LogP contribution in [0, 0.1) is 0 Å². The van der Waals surface area contributed by atoms with E-state index in [1.165, 1.54) is 0 Å². The van der Waals surface area contributed by atoms with E-state index in [1.807, 2.05) is 59.5 Å². The number of nitrogens with two attached hydrogens (primary N) is 1. The van der Waals surface area contributed by atoms with Gasteiger partial charge in [0.25, 0.3) is 0 Å². The zero-order valence-corrected chi connectivity index (χ0v) is 14.5. The minimum absolute atomic E-state index is 0.162. The number of hydrogen-bond donors (Lipinski definition) is 1. The quantitative estimate of drug-likeness (QED) is 0.785. The van der Waals surface area contributed by atoms with Crippen LogP contribution in [0.2, 0.25) is 0 Å². The van der Waals surface area contributed by atoms with E-state index in [-0.39, 0.29) is 5.91 Å². The van der Waals surface area contributed by atoms with E-state index in [9.17, 15) is 4.79 Å². The highest BCUT2D eigenvalue weighted by atomic mass is 16.2. The summed E-state index contributed by atoms with van der Waals surface area (Å²) in [7, 11) is 0. The maximum Gasteiger partial charge on any atom is 0.228 e. The van der Waals surface area contributed by atoms with Crippen LogP contribution in [0.3, 0.4) is 0 Å². The number of amides is 1. The van der Waals surface area contributed by atoms with E-state index in [0.717, 1.165) is 16.5 Å². The van der Waals surface area contributed by atoms with Gasteiger partial charge >= 0.3 is 0 Å². The van der Waals surface area contributed by atoms with Crippen molar-refractivity contribution in [2.75, 3.05) is 36.8 Å². The van der Waals surface area contributed by atoms with E-state index in [4.69, 9.17) is 5.73 Å². The van der Waals surface area contributed by atoms with E-state index in [0.29, 0.717) is 44.4 Å². The van der Waals surface area contributed by atoms with Gasteiger partial charge in [0, 0.05) is 31.6 Å². The lowest BCUT2D eigenvalue weighted by atomic mass is 10.1. The van der Waals surface area contributed by atoms with Crippen LogP contribution in [0.4, 0.5) is 11.8 Å². The third-order valence-electron chi connectivity index (χ3n) is 4.73. The van der Waals surface area contributed by atoms with Gasteiger partial charge in [0.15, 0.2) is 0 Å². The Balaban J connectivity index is 1.43. The van der Waals surface area contributed by atoms with Gasteiger partial charge in [-0.05, 0) is 17.7 Å². The van der Waals surface area contributed by atoms with E-state index >= 15 is 0 Å². The molecule has 2 aromatic carbocycles. The number of nitrogens with zero attached hydrogens (tertiary/aromatic N) is 4. The Bertz CT molecular complexity index is 920. The molecule has 3 aromatic rings. The minimum Gasteiger partial charge on any atom is -0.383 e. The van der Waals surface area contributed by atoms with Crippen LogP contribution in [-0.2, 0) is 11.2 Å². The smallest absolute Gasteiger partial charge is 0.228 e. The summed E-state index contributed by atoms with van der Waals surface area (Å²) in [6, 6.07) is 17.6. The molecule has 0 radical (unpaired) electrons. The molecule has 6 heteroatoms. The SMILES string of the molecule is Nc1nc(N2CCN(C(=O)Cc3ccccc3)CC2)nc2ccccc12. The Morgan fingerprint density at radius 2 is 1.62 bits per heavy atom. The van der Waals surface area contributed by atoms with Crippen molar-refractivity contribution in [2.45, 2.75) is 6.42 Å². The van der Waals surface area contributed by atoms with Crippen LogP contribution >= 0.6 is 0 Å². The molecule has 4 rings (SSSR count). The van der Waals surface area contributed by atoms with Gasteiger partial charge in [0.05, 0.1) is 11.9 Å². The number of hydrogen-bond acceptors (Lipinski definition) is 5. The molecule has 1 saturated heterocycles. The molecule has 0 atom stereocenters. The first-order valence-corrected chi connectivity index (χ1v) is 8.79. The van der Waals surface area contributed by atoms with Crippen LogP contribution < -0.4 is 10.6 Å². The predicted octanol–water partition coefficient (Wildman–Crippen LogP) is 2.10. The summed E-state index contributed by atoms with van der Waals surface area (Å²) < 4.78 is 0. The number of nitrogen functional groups attached to an aromatic ring is 1. The molecule has 2 heterocycles. The summed E-state index contributed by atoms with van der Waals surface area (Å²) in [6.45, 7) is 2.75. The minimum atomic E-state index is 0.162. The Morgan fingerprint density at radius 1 is 0.923 bits per heavy atom. The molecular formula is C20H21N5O. The summed E-state index contributed by atoms with van der Waals surface area (Å²) in [5, 5.41) is 0.868. The molecule has 1 aliphatic heterocycles. The summed E-state index contributed by atoms with van der Waals surface area (Å²) in [4.78, 5) is 25.6. The zero-order valence-electron chi connectivity index (χ0n) is 14.5. The lowest BCUT2D eigenvalue weighted by Crippen LogP contribution is -2.49. The van der Waals surface area contributed by atoms with Gasteiger partial charge in [-0.25, -0.2) is 4.98 Å². The van der Waals surface area contributed by atoms with Crippen molar-refractivity contribution in [3.63, 3.8) is 0 Å². The van der Waals surface area contributed by atoms with Gasteiger partial charge in [-0.3, -0.25) is 4.79 Å². The number of para-hydroxylation sites is 1. The molecular weight excluding hydrogens is 326 g/mol. The van der Waals surface area contributed by atoms with E-state index in [1.54, 1.807) is 0 Å². The molecule has 0 saturated carbocycles. The Kier molecular flexibility index (Phi) is 4.39. The standard InChI is InChI=1S/C20H21N5O/c21-19-16-8-4-5-9-17(16)22-20(23-19)25-12-10-24(11-13-25)18(26)14-15-6-2-1-3-7-15/h1-9H,10-14H2,(H2,21,22,23). The highest BCUT2D eigenvalue weighted by Crippen LogP contribution is 2.21. The van der Waals surface area contributed by atoms with E-state index in [2.05, 4.69) is 14.9 Å². The van der Waals surface area contributed by atoms with Crippen molar-refractivity contribution >= 4 is 28.6 Å². The summed E-state index contributed by atoms with van der Waals surface area (Å²) in [6.07, 6.45) is 0.445. The number of carbonyl (C=O) groups is 1. The van der Waals surface area contributed by atoms with Crippen molar-refractivity contribution in [2.24, 2.45) is 0 Å². The van der Waals surface area contributed by atoms with Crippen LogP contribution in [0.25, 0.3) is 10.9 Å².